The third-order valence-corrected chi connectivity index (χ3v) is 5.80. The van der Waals surface area contributed by atoms with Crippen LogP contribution in [-0.4, -0.2) is 64.1 Å². The van der Waals surface area contributed by atoms with Crippen molar-refractivity contribution in [3.05, 3.63) is 48.9 Å². The average molecular weight is 434 g/mol. The maximum absolute atomic E-state index is 12.6. The highest BCUT2D eigenvalue weighted by Gasteiger charge is 2.46. The Morgan fingerprint density at radius 3 is 2.72 bits per heavy atom. The van der Waals surface area contributed by atoms with Gasteiger partial charge in [0.2, 0.25) is 0 Å². The molecular formula is C21H18N6O5. The van der Waals surface area contributed by atoms with E-state index in [0.717, 1.165) is 11.1 Å². The van der Waals surface area contributed by atoms with E-state index in [-0.39, 0.29) is 18.2 Å². The summed E-state index contributed by atoms with van der Waals surface area (Å²) in [6.45, 7) is 1.58. The van der Waals surface area contributed by atoms with Crippen LogP contribution in [0.5, 0.6) is 5.75 Å². The zero-order chi connectivity index (χ0) is 21.7. The molecule has 2 saturated heterocycles. The molecule has 0 aliphatic carbocycles. The largest absolute Gasteiger partial charge is 0.489 e. The number of rotatable bonds is 4. The fourth-order valence-electron chi connectivity index (χ4n) is 4.20. The van der Waals surface area contributed by atoms with Gasteiger partial charge in [-0.05, 0) is 29.8 Å². The third kappa shape index (κ3) is 3.01. The van der Waals surface area contributed by atoms with E-state index < -0.39 is 6.09 Å². The maximum Gasteiger partial charge on any atom is 0.415 e. The molecule has 11 nitrogen and oxygen atoms in total. The lowest BCUT2D eigenvalue weighted by molar-refractivity contribution is 0.106. The number of carbonyl (C=O) groups excluding carboxylic acids is 2. The van der Waals surface area contributed by atoms with Crippen molar-refractivity contribution in [1.82, 2.24) is 20.0 Å². The van der Waals surface area contributed by atoms with E-state index in [4.69, 9.17) is 14.2 Å². The van der Waals surface area contributed by atoms with E-state index in [0.29, 0.717) is 43.6 Å². The number of cyclic esters (lactones) is 2. The number of nitrogens with zero attached hydrogens (tertiary/aromatic N) is 6. The molecule has 11 heteroatoms. The SMILES string of the molecule is O=C1OCCN1c1ccc(-c2ccc3c(c2)OC[C@H]2[C@H](Cn4ccnn4)OC(=O)N32)cn1. The zero-order valence-corrected chi connectivity index (χ0v) is 16.8. The molecule has 162 valence electrons. The first-order valence-electron chi connectivity index (χ1n) is 10.2. The molecule has 6 rings (SSSR count). The smallest absolute Gasteiger partial charge is 0.415 e. The molecule has 3 aliphatic rings. The lowest BCUT2D eigenvalue weighted by Crippen LogP contribution is -2.45. The van der Waals surface area contributed by atoms with Crippen LogP contribution >= 0.6 is 0 Å². The maximum atomic E-state index is 12.6. The van der Waals surface area contributed by atoms with Crippen LogP contribution in [-0.2, 0) is 16.0 Å². The van der Waals surface area contributed by atoms with Crippen LogP contribution in [0.1, 0.15) is 0 Å². The van der Waals surface area contributed by atoms with Gasteiger partial charge in [0.15, 0.2) is 0 Å². The summed E-state index contributed by atoms with van der Waals surface area (Å²) < 4.78 is 18.2. The number of ether oxygens (including phenoxy) is 3. The molecule has 3 aliphatic heterocycles. The van der Waals surface area contributed by atoms with Crippen LogP contribution in [0.4, 0.5) is 21.1 Å². The number of anilines is 2. The summed E-state index contributed by atoms with van der Waals surface area (Å²) in [4.78, 5) is 31.9. The molecule has 2 fully saturated rings. The van der Waals surface area contributed by atoms with E-state index >= 15 is 0 Å². The summed E-state index contributed by atoms with van der Waals surface area (Å²) in [6.07, 6.45) is 3.84. The van der Waals surface area contributed by atoms with Crippen LogP contribution in [0.15, 0.2) is 48.9 Å². The molecule has 2 amide bonds. The van der Waals surface area contributed by atoms with E-state index in [2.05, 4.69) is 15.3 Å². The van der Waals surface area contributed by atoms with Crippen molar-refractivity contribution in [2.45, 2.75) is 18.7 Å². The molecule has 0 radical (unpaired) electrons. The molecule has 5 heterocycles. The molecule has 0 unspecified atom stereocenters. The number of aromatic nitrogens is 4. The molecule has 1 aromatic carbocycles. The molecule has 2 atom stereocenters. The third-order valence-electron chi connectivity index (χ3n) is 5.80. The van der Waals surface area contributed by atoms with E-state index in [1.807, 2.05) is 24.3 Å². The van der Waals surface area contributed by atoms with Gasteiger partial charge in [-0.15, -0.1) is 5.10 Å². The first-order valence-corrected chi connectivity index (χ1v) is 10.2. The van der Waals surface area contributed by atoms with Gasteiger partial charge in [0, 0.05) is 18.0 Å². The van der Waals surface area contributed by atoms with Crippen LogP contribution in [0, 0.1) is 0 Å². The second-order valence-corrected chi connectivity index (χ2v) is 7.65. The predicted molar refractivity (Wildman–Crippen MR) is 110 cm³/mol. The second-order valence-electron chi connectivity index (χ2n) is 7.65. The van der Waals surface area contributed by atoms with Crippen LogP contribution in [0.25, 0.3) is 11.1 Å². The quantitative estimate of drug-likeness (QED) is 0.614. The van der Waals surface area contributed by atoms with Crippen LogP contribution < -0.4 is 14.5 Å². The van der Waals surface area contributed by atoms with Gasteiger partial charge in [0.1, 0.15) is 36.9 Å². The summed E-state index contributed by atoms with van der Waals surface area (Å²) in [5.41, 5.74) is 2.42. The Bertz CT molecular complexity index is 1180. The molecule has 0 bridgehead atoms. The van der Waals surface area contributed by atoms with E-state index in [1.54, 1.807) is 34.2 Å². The van der Waals surface area contributed by atoms with Gasteiger partial charge >= 0.3 is 12.2 Å². The number of fused-ring (bicyclic) bond motifs is 3. The van der Waals surface area contributed by atoms with Gasteiger partial charge in [0.25, 0.3) is 0 Å². The number of hydrogen-bond donors (Lipinski definition) is 0. The molecule has 0 spiro atoms. The van der Waals surface area contributed by atoms with Gasteiger partial charge in [0.05, 0.1) is 25.0 Å². The van der Waals surface area contributed by atoms with Gasteiger partial charge in [-0.25, -0.2) is 19.3 Å². The fourth-order valence-corrected chi connectivity index (χ4v) is 4.20. The Morgan fingerprint density at radius 2 is 1.97 bits per heavy atom. The molecule has 0 N–H and O–H groups in total. The topological polar surface area (TPSA) is 112 Å². The Hall–Kier alpha value is -4.15. The summed E-state index contributed by atoms with van der Waals surface area (Å²) in [6, 6.07) is 9.06. The van der Waals surface area contributed by atoms with Crippen molar-refractivity contribution in [1.29, 1.82) is 0 Å². The minimum atomic E-state index is -0.402. The summed E-state index contributed by atoms with van der Waals surface area (Å²) in [5, 5.41) is 7.74. The van der Waals surface area contributed by atoms with Crippen molar-refractivity contribution in [2.75, 3.05) is 29.6 Å². The van der Waals surface area contributed by atoms with Crippen molar-refractivity contribution in [3.8, 4) is 16.9 Å². The molecular weight excluding hydrogens is 416 g/mol. The standard InChI is InChI=1S/C21H18N6O5/c28-20-26(7-8-30-20)19-4-2-14(10-22-19)13-1-3-15-17(9-13)31-12-16-18(32-21(29)27(15)16)11-25-6-5-23-24-25/h1-6,9-10,16,18H,7-8,11-12H2/t16-,18-/m0/s1. The van der Waals surface area contributed by atoms with Crippen molar-refractivity contribution in [2.24, 2.45) is 0 Å². The Balaban J connectivity index is 1.24. The lowest BCUT2D eigenvalue weighted by Gasteiger charge is -2.31. The van der Waals surface area contributed by atoms with Gasteiger partial charge < -0.3 is 14.2 Å². The Morgan fingerprint density at radius 1 is 1.06 bits per heavy atom. The van der Waals surface area contributed by atoms with Crippen molar-refractivity contribution in [3.63, 3.8) is 0 Å². The summed E-state index contributed by atoms with van der Waals surface area (Å²) in [7, 11) is 0. The zero-order valence-electron chi connectivity index (χ0n) is 16.8. The molecule has 32 heavy (non-hydrogen) atoms. The second kappa shape index (κ2) is 7.22. The van der Waals surface area contributed by atoms with Gasteiger partial charge in [-0.2, -0.15) is 0 Å². The first kappa shape index (κ1) is 18.6. The number of hydrogen-bond acceptors (Lipinski definition) is 8. The minimum Gasteiger partial charge on any atom is -0.489 e. The Kier molecular flexibility index (Phi) is 4.20. The monoisotopic (exact) mass is 434 g/mol. The normalized spacial score (nSPS) is 21.6. The summed E-state index contributed by atoms with van der Waals surface area (Å²) in [5.74, 6) is 1.15. The van der Waals surface area contributed by atoms with Crippen molar-refractivity contribution < 1.29 is 23.8 Å². The van der Waals surface area contributed by atoms with Gasteiger partial charge in [-0.1, -0.05) is 11.3 Å². The highest BCUT2D eigenvalue weighted by atomic mass is 16.6. The average Bonchev–Trinajstić information content (AvgIpc) is 3.55. The van der Waals surface area contributed by atoms with Gasteiger partial charge in [-0.3, -0.25) is 9.80 Å². The fraction of sp³-hybridized carbons (Fsp3) is 0.286. The molecule has 2 aromatic heterocycles. The minimum absolute atomic E-state index is 0.244. The number of carbonyl (C=O) groups is 2. The Labute approximate surface area is 182 Å². The van der Waals surface area contributed by atoms with E-state index in [1.165, 1.54) is 4.90 Å². The van der Waals surface area contributed by atoms with Crippen molar-refractivity contribution >= 4 is 23.7 Å². The van der Waals surface area contributed by atoms with Crippen LogP contribution in [0.2, 0.25) is 0 Å². The predicted octanol–water partition coefficient (Wildman–Crippen LogP) is 2.08. The number of benzene rings is 1. The number of amides is 2. The molecule has 3 aromatic rings. The first-order chi connectivity index (χ1) is 15.7. The number of pyridine rings is 1. The van der Waals surface area contributed by atoms with E-state index in [9.17, 15) is 9.59 Å². The summed E-state index contributed by atoms with van der Waals surface area (Å²) >= 11 is 0. The molecule has 0 saturated carbocycles. The highest BCUT2D eigenvalue weighted by Crippen LogP contribution is 2.41. The van der Waals surface area contributed by atoms with Crippen LogP contribution in [0.3, 0.4) is 0 Å². The lowest BCUT2D eigenvalue weighted by atomic mass is 10.0. The highest BCUT2D eigenvalue weighted by molar-refractivity contribution is 5.94.